The zero-order valence-corrected chi connectivity index (χ0v) is 10.8. The normalized spacial score (nSPS) is 19.8. The number of imide groups is 1. The van der Waals surface area contributed by atoms with Crippen LogP contribution < -0.4 is 0 Å². The van der Waals surface area contributed by atoms with Crippen LogP contribution in [0, 0.1) is 0 Å². The van der Waals surface area contributed by atoms with Crippen LogP contribution >= 0.6 is 0 Å². The highest BCUT2D eigenvalue weighted by atomic mass is 16.3. The van der Waals surface area contributed by atoms with E-state index < -0.39 is 6.04 Å². The van der Waals surface area contributed by atoms with E-state index in [1.165, 1.54) is 9.80 Å². The molecule has 3 rings (SSSR count). The van der Waals surface area contributed by atoms with Crippen molar-refractivity contribution in [2.45, 2.75) is 19.5 Å². The van der Waals surface area contributed by atoms with E-state index in [1.807, 2.05) is 24.3 Å². The zero-order valence-electron chi connectivity index (χ0n) is 10.8. The van der Waals surface area contributed by atoms with E-state index in [-0.39, 0.29) is 18.5 Å². The molecule has 5 nitrogen and oxygen atoms in total. The third-order valence-corrected chi connectivity index (χ3v) is 3.65. The van der Waals surface area contributed by atoms with Crippen LogP contribution in [0.4, 0.5) is 4.79 Å². The third-order valence-electron chi connectivity index (χ3n) is 3.65. The van der Waals surface area contributed by atoms with Gasteiger partial charge in [0.25, 0.3) is 5.91 Å². The lowest BCUT2D eigenvalue weighted by Gasteiger charge is -2.14. The van der Waals surface area contributed by atoms with Crippen molar-refractivity contribution in [2.24, 2.45) is 0 Å². The highest BCUT2D eigenvalue weighted by molar-refractivity contribution is 6.04. The molecule has 19 heavy (non-hydrogen) atoms. The van der Waals surface area contributed by atoms with Gasteiger partial charge in [-0.3, -0.25) is 9.69 Å². The Kier molecular flexibility index (Phi) is 2.55. The average Bonchev–Trinajstić information content (AvgIpc) is 2.96. The predicted octanol–water partition coefficient (Wildman–Crippen LogP) is 2.22. The number of hydrogen-bond acceptors (Lipinski definition) is 3. The van der Waals surface area contributed by atoms with Gasteiger partial charge in [-0.05, 0) is 24.6 Å². The van der Waals surface area contributed by atoms with Crippen LogP contribution in [0.15, 0.2) is 34.9 Å². The summed E-state index contributed by atoms with van der Waals surface area (Å²) in [4.78, 5) is 26.8. The summed E-state index contributed by atoms with van der Waals surface area (Å²) in [6.45, 7) is 2.02. The second-order valence-corrected chi connectivity index (χ2v) is 4.74. The number of furan rings is 1. The van der Waals surface area contributed by atoms with Crippen LogP contribution in [0.1, 0.15) is 12.5 Å². The molecule has 0 N–H and O–H groups in total. The van der Waals surface area contributed by atoms with Gasteiger partial charge in [0.05, 0.1) is 12.8 Å². The molecule has 1 saturated heterocycles. The largest absolute Gasteiger partial charge is 0.464 e. The number of nitrogens with zero attached hydrogens (tertiary/aromatic N) is 2. The van der Waals surface area contributed by atoms with E-state index in [0.717, 1.165) is 16.5 Å². The fraction of sp³-hybridized carbons (Fsp3) is 0.286. The third kappa shape index (κ3) is 1.69. The van der Waals surface area contributed by atoms with Gasteiger partial charge in [-0.25, -0.2) is 4.79 Å². The summed E-state index contributed by atoms with van der Waals surface area (Å²) in [5, 5.41) is 0.935. The van der Waals surface area contributed by atoms with Gasteiger partial charge in [0.1, 0.15) is 11.6 Å². The Morgan fingerprint density at radius 1 is 1.26 bits per heavy atom. The van der Waals surface area contributed by atoms with Gasteiger partial charge in [0.15, 0.2) is 0 Å². The summed E-state index contributed by atoms with van der Waals surface area (Å²) in [6, 6.07) is 6.83. The van der Waals surface area contributed by atoms with Crippen LogP contribution in [0.2, 0.25) is 0 Å². The van der Waals surface area contributed by atoms with Gasteiger partial charge < -0.3 is 9.32 Å². The number of likely N-dealkylation sites (N-methyl/N-ethyl adjacent to an activating group) is 1. The molecule has 0 unspecified atom stereocenters. The molecule has 0 radical (unpaired) electrons. The van der Waals surface area contributed by atoms with Gasteiger partial charge in [-0.15, -0.1) is 0 Å². The standard InChI is InChI=1S/C14H14N2O3/c1-9-13(17)16(14(18)15(9)2)8-10-4-3-5-12-11(10)6-7-19-12/h3-7,9H,8H2,1-2H3/t9-/m0/s1. The summed E-state index contributed by atoms with van der Waals surface area (Å²) in [5.74, 6) is -0.159. The molecule has 2 heterocycles. The fourth-order valence-electron chi connectivity index (χ4n) is 2.35. The molecule has 2 aromatic rings. The molecule has 3 amide bonds. The van der Waals surface area contributed by atoms with Crippen molar-refractivity contribution in [3.63, 3.8) is 0 Å². The van der Waals surface area contributed by atoms with Crippen LogP contribution in [0.25, 0.3) is 11.0 Å². The van der Waals surface area contributed by atoms with Gasteiger partial charge in [0, 0.05) is 12.4 Å². The van der Waals surface area contributed by atoms with Crippen molar-refractivity contribution in [1.29, 1.82) is 0 Å². The Morgan fingerprint density at radius 2 is 2.05 bits per heavy atom. The maximum Gasteiger partial charge on any atom is 0.327 e. The minimum Gasteiger partial charge on any atom is -0.464 e. The van der Waals surface area contributed by atoms with Crippen molar-refractivity contribution < 1.29 is 14.0 Å². The van der Waals surface area contributed by atoms with Gasteiger partial charge in [-0.2, -0.15) is 0 Å². The molecule has 5 heteroatoms. The molecule has 0 saturated carbocycles. The molecule has 0 aliphatic carbocycles. The van der Waals surface area contributed by atoms with Crippen molar-refractivity contribution in [3.8, 4) is 0 Å². The molecular weight excluding hydrogens is 244 g/mol. The molecule has 1 aromatic heterocycles. The number of carbonyl (C=O) groups excluding carboxylic acids is 2. The van der Waals surface area contributed by atoms with E-state index in [2.05, 4.69) is 0 Å². The highest BCUT2D eigenvalue weighted by Crippen LogP contribution is 2.24. The van der Waals surface area contributed by atoms with E-state index in [9.17, 15) is 9.59 Å². The van der Waals surface area contributed by atoms with Gasteiger partial charge in [-0.1, -0.05) is 12.1 Å². The summed E-state index contributed by atoms with van der Waals surface area (Å²) in [7, 11) is 1.64. The molecule has 0 spiro atoms. The average molecular weight is 258 g/mol. The summed E-state index contributed by atoms with van der Waals surface area (Å²) in [5.41, 5.74) is 1.67. The maximum atomic E-state index is 12.0. The number of fused-ring (bicyclic) bond motifs is 1. The van der Waals surface area contributed by atoms with Gasteiger partial charge in [0.2, 0.25) is 0 Å². The molecule has 98 valence electrons. The van der Waals surface area contributed by atoms with Crippen molar-refractivity contribution in [1.82, 2.24) is 9.80 Å². The highest BCUT2D eigenvalue weighted by Gasteiger charge is 2.40. The van der Waals surface area contributed by atoms with Crippen LogP contribution in [-0.4, -0.2) is 34.8 Å². The lowest BCUT2D eigenvalue weighted by atomic mass is 10.1. The first kappa shape index (κ1) is 11.8. The maximum absolute atomic E-state index is 12.0. The molecule has 0 bridgehead atoms. The fourth-order valence-corrected chi connectivity index (χ4v) is 2.35. The van der Waals surface area contributed by atoms with E-state index in [1.54, 1.807) is 20.2 Å². The Morgan fingerprint density at radius 3 is 2.74 bits per heavy atom. The van der Waals surface area contributed by atoms with Crippen LogP contribution in [0.5, 0.6) is 0 Å². The van der Waals surface area contributed by atoms with Crippen molar-refractivity contribution in [2.75, 3.05) is 7.05 Å². The van der Waals surface area contributed by atoms with Crippen molar-refractivity contribution >= 4 is 22.9 Å². The minimum atomic E-state index is -0.393. The number of carbonyl (C=O) groups is 2. The quantitative estimate of drug-likeness (QED) is 0.776. The Hall–Kier alpha value is -2.30. The second kappa shape index (κ2) is 4.12. The lowest BCUT2D eigenvalue weighted by Crippen LogP contribution is -2.31. The van der Waals surface area contributed by atoms with E-state index in [0.29, 0.717) is 0 Å². The Bertz CT molecular complexity index is 642. The number of urea groups is 1. The summed E-state index contributed by atoms with van der Waals surface area (Å²) >= 11 is 0. The van der Waals surface area contributed by atoms with Crippen molar-refractivity contribution in [3.05, 3.63) is 36.1 Å². The number of amides is 3. The summed E-state index contributed by atoms with van der Waals surface area (Å²) < 4.78 is 5.32. The molecule has 1 aliphatic rings. The first-order valence-corrected chi connectivity index (χ1v) is 6.13. The number of hydrogen-bond donors (Lipinski definition) is 0. The van der Waals surface area contributed by atoms with Crippen LogP contribution in [0.3, 0.4) is 0 Å². The first-order valence-electron chi connectivity index (χ1n) is 6.13. The zero-order chi connectivity index (χ0) is 13.6. The Balaban J connectivity index is 1.96. The SMILES string of the molecule is C[C@H]1C(=O)N(Cc2cccc3occc23)C(=O)N1C. The molecule has 1 atom stereocenters. The summed E-state index contributed by atoms with van der Waals surface area (Å²) in [6.07, 6.45) is 1.61. The Labute approximate surface area is 110 Å². The molecule has 1 aliphatic heterocycles. The second-order valence-electron chi connectivity index (χ2n) is 4.74. The first-order chi connectivity index (χ1) is 9.09. The lowest BCUT2D eigenvalue weighted by molar-refractivity contribution is -0.128. The van der Waals surface area contributed by atoms with Gasteiger partial charge >= 0.3 is 6.03 Å². The molecule has 1 aromatic carbocycles. The van der Waals surface area contributed by atoms with E-state index >= 15 is 0 Å². The predicted molar refractivity (Wildman–Crippen MR) is 69.4 cm³/mol. The molecular formula is C14H14N2O3. The number of rotatable bonds is 2. The minimum absolute atomic E-state index is 0.159. The van der Waals surface area contributed by atoms with E-state index in [4.69, 9.17) is 4.42 Å². The molecule has 1 fully saturated rings. The smallest absolute Gasteiger partial charge is 0.327 e. The monoisotopic (exact) mass is 258 g/mol. The number of benzene rings is 1. The van der Waals surface area contributed by atoms with Crippen LogP contribution in [-0.2, 0) is 11.3 Å². The topological polar surface area (TPSA) is 53.8 Å².